The molecule has 0 bridgehead atoms. The van der Waals surface area contributed by atoms with Crippen LogP contribution < -0.4 is 9.62 Å². The van der Waals surface area contributed by atoms with Gasteiger partial charge in [0.15, 0.2) is 0 Å². The molecule has 0 saturated carbocycles. The van der Waals surface area contributed by atoms with E-state index in [1.54, 1.807) is 4.90 Å². The quantitative estimate of drug-likeness (QED) is 0.491. The fraction of sp³-hybridized carbons (Fsp3) is 0.440. The van der Waals surface area contributed by atoms with E-state index >= 15 is 0 Å². The van der Waals surface area contributed by atoms with E-state index in [1.165, 1.54) is 24.3 Å². The van der Waals surface area contributed by atoms with Crippen LogP contribution in [0.1, 0.15) is 44.2 Å². The van der Waals surface area contributed by atoms with Gasteiger partial charge in [-0.3, -0.25) is 13.9 Å². The first-order chi connectivity index (χ1) is 16.1. The number of amides is 2. The normalized spacial score (nSPS) is 12.1. The van der Waals surface area contributed by atoms with Crippen LogP contribution in [0, 0.1) is 12.7 Å². The van der Waals surface area contributed by atoms with Gasteiger partial charge in [0.2, 0.25) is 21.8 Å². The number of hydrogen-bond acceptors (Lipinski definition) is 4. The van der Waals surface area contributed by atoms with Crippen molar-refractivity contribution in [3.8, 4) is 0 Å². The van der Waals surface area contributed by atoms with Crippen LogP contribution in [0.25, 0.3) is 0 Å². The smallest absolute Gasteiger partial charge is 0.242 e. The summed E-state index contributed by atoms with van der Waals surface area (Å²) in [5, 5.41) is 2.80. The molecule has 1 N–H and O–H groups in total. The highest BCUT2D eigenvalue weighted by Crippen LogP contribution is 2.20. The van der Waals surface area contributed by atoms with Crippen LogP contribution in [0.3, 0.4) is 0 Å². The summed E-state index contributed by atoms with van der Waals surface area (Å²) in [5.74, 6) is -0.907. The maximum atomic E-state index is 13.3. The maximum absolute atomic E-state index is 13.3. The van der Waals surface area contributed by atoms with Gasteiger partial charge in [-0.2, -0.15) is 0 Å². The van der Waals surface area contributed by atoms with E-state index in [-0.39, 0.29) is 37.7 Å². The van der Waals surface area contributed by atoms with E-state index in [0.29, 0.717) is 18.7 Å². The van der Waals surface area contributed by atoms with Crippen molar-refractivity contribution in [3.63, 3.8) is 0 Å². The lowest BCUT2D eigenvalue weighted by atomic mass is 10.1. The van der Waals surface area contributed by atoms with E-state index in [1.807, 2.05) is 45.0 Å². The lowest BCUT2D eigenvalue weighted by Gasteiger charge is -2.31. The lowest BCUT2D eigenvalue weighted by molar-refractivity contribution is -0.141. The van der Waals surface area contributed by atoms with Crippen LogP contribution in [0.2, 0.25) is 0 Å². The van der Waals surface area contributed by atoms with E-state index in [4.69, 9.17) is 0 Å². The molecule has 186 valence electrons. The molecule has 1 atom stereocenters. The summed E-state index contributed by atoms with van der Waals surface area (Å²) in [5.41, 5.74) is 2.34. The zero-order valence-electron chi connectivity index (χ0n) is 20.3. The molecule has 0 aromatic heterocycles. The fourth-order valence-electron chi connectivity index (χ4n) is 3.71. The molecule has 0 spiro atoms. The number of hydrogen-bond donors (Lipinski definition) is 1. The molecular formula is C25H34FN3O4S. The van der Waals surface area contributed by atoms with Crippen LogP contribution in [0.5, 0.6) is 0 Å². The van der Waals surface area contributed by atoms with Gasteiger partial charge in [-0.05, 0) is 56.5 Å². The molecule has 2 aromatic rings. The van der Waals surface area contributed by atoms with Crippen molar-refractivity contribution in [2.75, 3.05) is 23.7 Å². The third-order valence-electron chi connectivity index (χ3n) is 5.48. The first kappa shape index (κ1) is 27.3. The first-order valence-electron chi connectivity index (χ1n) is 11.4. The molecule has 0 saturated heterocycles. The Kier molecular flexibility index (Phi) is 10.0. The molecule has 0 radical (unpaired) electrons. The van der Waals surface area contributed by atoms with E-state index in [0.717, 1.165) is 21.7 Å². The molecule has 7 nitrogen and oxygen atoms in total. The molecule has 34 heavy (non-hydrogen) atoms. The highest BCUT2D eigenvalue weighted by atomic mass is 32.2. The second kappa shape index (κ2) is 12.5. The Balaban J connectivity index is 2.18. The van der Waals surface area contributed by atoms with Gasteiger partial charge >= 0.3 is 0 Å². The number of likely N-dealkylation sites (N-methyl/N-ethyl adjacent to an activating group) is 1. The highest BCUT2D eigenvalue weighted by Gasteiger charge is 2.28. The van der Waals surface area contributed by atoms with Gasteiger partial charge in [0, 0.05) is 26.1 Å². The summed E-state index contributed by atoms with van der Waals surface area (Å²) >= 11 is 0. The molecule has 0 aliphatic rings. The Bertz CT molecular complexity index is 1060. The summed E-state index contributed by atoms with van der Waals surface area (Å²) in [6, 6.07) is 12.3. The van der Waals surface area contributed by atoms with Gasteiger partial charge < -0.3 is 10.2 Å². The van der Waals surface area contributed by atoms with Crippen molar-refractivity contribution in [2.45, 2.75) is 52.6 Å². The van der Waals surface area contributed by atoms with Gasteiger partial charge in [0.25, 0.3) is 0 Å². The van der Waals surface area contributed by atoms with E-state index < -0.39 is 21.9 Å². The van der Waals surface area contributed by atoms with Gasteiger partial charge in [-0.1, -0.05) is 36.8 Å². The molecule has 0 unspecified atom stereocenters. The number of anilines is 1. The number of carbonyl (C=O) groups is 2. The number of sulfonamides is 1. The monoisotopic (exact) mass is 491 g/mol. The SMILES string of the molecule is CCNC(=O)[C@@H](CC)N(Cc1ccc(C)cc1)C(=O)CCCN(c1ccc(F)cc1)S(C)(=O)=O. The second-order valence-corrected chi connectivity index (χ2v) is 10.1. The van der Waals surface area contributed by atoms with Gasteiger partial charge in [-0.15, -0.1) is 0 Å². The number of halogens is 1. The van der Waals surface area contributed by atoms with Crippen molar-refractivity contribution in [3.05, 3.63) is 65.5 Å². The standard InChI is InChI=1S/C25H34FN3O4S/c1-5-23(25(31)27-6-2)28(18-20-11-9-19(3)10-12-20)24(30)8-7-17-29(34(4,32)33)22-15-13-21(26)14-16-22/h9-16,23H,5-8,17-18H2,1-4H3,(H,27,31)/t23-/m1/s1. The largest absolute Gasteiger partial charge is 0.355 e. The van der Waals surface area contributed by atoms with E-state index in [9.17, 15) is 22.4 Å². The number of benzene rings is 2. The molecular weight excluding hydrogens is 457 g/mol. The fourth-order valence-corrected chi connectivity index (χ4v) is 4.68. The van der Waals surface area contributed by atoms with Crippen molar-refractivity contribution >= 4 is 27.5 Å². The minimum absolute atomic E-state index is 0.0620. The Morgan fingerprint density at radius 2 is 1.65 bits per heavy atom. The molecule has 2 amide bonds. The van der Waals surface area contributed by atoms with Crippen LogP contribution in [-0.4, -0.2) is 50.5 Å². The Labute approximate surface area is 202 Å². The predicted octanol–water partition coefficient (Wildman–Crippen LogP) is 3.62. The van der Waals surface area contributed by atoms with Gasteiger partial charge in [-0.25, -0.2) is 12.8 Å². The summed E-state index contributed by atoms with van der Waals surface area (Å²) < 4.78 is 39.0. The summed E-state index contributed by atoms with van der Waals surface area (Å²) in [4.78, 5) is 27.5. The lowest BCUT2D eigenvalue weighted by Crippen LogP contribution is -2.49. The average molecular weight is 492 g/mol. The highest BCUT2D eigenvalue weighted by molar-refractivity contribution is 7.92. The minimum Gasteiger partial charge on any atom is -0.355 e. The zero-order chi connectivity index (χ0) is 25.3. The maximum Gasteiger partial charge on any atom is 0.242 e. The third kappa shape index (κ3) is 7.83. The molecule has 0 fully saturated rings. The van der Waals surface area contributed by atoms with Crippen LogP contribution >= 0.6 is 0 Å². The van der Waals surface area contributed by atoms with Crippen LogP contribution in [0.4, 0.5) is 10.1 Å². The summed E-state index contributed by atoms with van der Waals surface area (Å²) in [6.07, 6.45) is 1.84. The number of rotatable bonds is 12. The van der Waals surface area contributed by atoms with Crippen LogP contribution in [-0.2, 0) is 26.2 Å². The number of nitrogens with one attached hydrogen (secondary N) is 1. The zero-order valence-corrected chi connectivity index (χ0v) is 21.1. The second-order valence-electron chi connectivity index (χ2n) is 8.24. The minimum atomic E-state index is -3.62. The Morgan fingerprint density at radius 1 is 1.03 bits per heavy atom. The molecule has 0 aliphatic heterocycles. The molecule has 9 heteroatoms. The summed E-state index contributed by atoms with van der Waals surface area (Å²) in [6.45, 7) is 6.46. The van der Waals surface area contributed by atoms with Crippen molar-refractivity contribution in [1.82, 2.24) is 10.2 Å². The predicted molar refractivity (Wildman–Crippen MR) is 132 cm³/mol. The number of carbonyl (C=O) groups excluding carboxylic acids is 2. The average Bonchev–Trinajstić information content (AvgIpc) is 2.78. The first-order valence-corrected chi connectivity index (χ1v) is 13.3. The number of nitrogens with zero attached hydrogens (tertiary/aromatic N) is 2. The molecule has 0 aliphatic carbocycles. The number of aryl methyl sites for hydroxylation is 1. The van der Waals surface area contributed by atoms with Crippen molar-refractivity contribution < 1.29 is 22.4 Å². The van der Waals surface area contributed by atoms with Crippen molar-refractivity contribution in [2.24, 2.45) is 0 Å². The van der Waals surface area contributed by atoms with Crippen LogP contribution in [0.15, 0.2) is 48.5 Å². The summed E-state index contributed by atoms with van der Waals surface area (Å²) in [7, 11) is -3.62. The van der Waals surface area contributed by atoms with E-state index in [2.05, 4.69) is 5.32 Å². The third-order valence-corrected chi connectivity index (χ3v) is 6.67. The molecule has 2 aromatic carbocycles. The Hall–Kier alpha value is -2.94. The van der Waals surface area contributed by atoms with Gasteiger partial charge in [0.05, 0.1) is 11.9 Å². The molecule has 0 heterocycles. The molecule has 2 rings (SSSR count). The topological polar surface area (TPSA) is 86.8 Å². The van der Waals surface area contributed by atoms with Gasteiger partial charge in [0.1, 0.15) is 11.9 Å². The Morgan fingerprint density at radius 3 is 2.18 bits per heavy atom. The van der Waals surface area contributed by atoms with Crippen molar-refractivity contribution in [1.29, 1.82) is 0 Å².